The number of hydrogen-bond acceptors (Lipinski definition) is 3. The molecule has 6 heteroatoms. The van der Waals surface area contributed by atoms with Gasteiger partial charge in [-0.2, -0.15) is 5.10 Å². The quantitative estimate of drug-likeness (QED) is 0.559. The molecule has 0 aliphatic rings. The van der Waals surface area contributed by atoms with Gasteiger partial charge in [-0.15, -0.1) is 0 Å². The number of ketones is 1. The van der Waals surface area contributed by atoms with Crippen molar-refractivity contribution in [1.29, 1.82) is 0 Å². The smallest absolute Gasteiger partial charge is 0.220 e. The molecule has 3 aromatic rings. The number of rotatable bonds is 5. The fourth-order valence-electron chi connectivity index (χ4n) is 2.76. The highest BCUT2D eigenvalue weighted by atomic mass is 35.5. The first kappa shape index (κ1) is 18.5. The van der Waals surface area contributed by atoms with Gasteiger partial charge in [-0.1, -0.05) is 59.1 Å². The van der Waals surface area contributed by atoms with Gasteiger partial charge >= 0.3 is 0 Å². The Kier molecular flexibility index (Phi) is 5.35. The predicted octanol–water partition coefficient (Wildman–Crippen LogP) is 5.27. The summed E-state index contributed by atoms with van der Waals surface area (Å²) >= 11 is 12.3. The summed E-state index contributed by atoms with van der Waals surface area (Å²) < 4.78 is 7.44. The summed E-state index contributed by atoms with van der Waals surface area (Å²) in [6.07, 6.45) is 0. The highest BCUT2D eigenvalue weighted by molar-refractivity contribution is 6.36. The molecule has 0 spiro atoms. The molecule has 0 saturated heterocycles. The molecule has 0 amide bonds. The first-order valence-corrected chi connectivity index (χ1v) is 8.84. The van der Waals surface area contributed by atoms with Crippen molar-refractivity contribution in [3.8, 4) is 17.0 Å². The van der Waals surface area contributed by atoms with E-state index < -0.39 is 0 Å². The molecule has 134 valence electrons. The first-order valence-electron chi connectivity index (χ1n) is 8.08. The van der Waals surface area contributed by atoms with Crippen LogP contribution in [0.2, 0.25) is 10.0 Å². The van der Waals surface area contributed by atoms with E-state index in [4.69, 9.17) is 27.9 Å². The lowest BCUT2D eigenvalue weighted by Gasteiger charge is -2.10. The molecule has 0 aliphatic carbocycles. The van der Waals surface area contributed by atoms with Gasteiger partial charge in [0.15, 0.2) is 12.4 Å². The minimum absolute atomic E-state index is 0.0831. The molecule has 0 bridgehead atoms. The molecule has 1 heterocycles. The Morgan fingerprint density at radius 1 is 1.12 bits per heavy atom. The third kappa shape index (κ3) is 3.76. The largest absolute Gasteiger partial charge is 0.469 e. The van der Waals surface area contributed by atoms with E-state index in [0.717, 1.165) is 22.4 Å². The lowest BCUT2D eigenvalue weighted by Crippen LogP contribution is -2.13. The van der Waals surface area contributed by atoms with E-state index in [-0.39, 0.29) is 12.4 Å². The van der Waals surface area contributed by atoms with Crippen LogP contribution in [0, 0.1) is 13.8 Å². The Morgan fingerprint density at radius 3 is 2.46 bits per heavy atom. The van der Waals surface area contributed by atoms with E-state index in [9.17, 15) is 4.79 Å². The van der Waals surface area contributed by atoms with Crippen LogP contribution in [0.4, 0.5) is 0 Å². The molecule has 0 fully saturated rings. The SMILES string of the molecule is Cc1ccc(C(=O)COc2c(-c3ccc(Cl)cc3Cl)c(C)nn2C)cc1. The van der Waals surface area contributed by atoms with Gasteiger partial charge < -0.3 is 4.74 Å². The Balaban J connectivity index is 1.89. The number of ether oxygens (including phenoxy) is 1. The second-order valence-electron chi connectivity index (χ2n) is 6.09. The van der Waals surface area contributed by atoms with Crippen LogP contribution >= 0.6 is 23.2 Å². The number of carbonyl (C=O) groups is 1. The fourth-order valence-corrected chi connectivity index (χ4v) is 3.26. The Hall–Kier alpha value is -2.30. The summed E-state index contributed by atoms with van der Waals surface area (Å²) in [6.45, 7) is 3.76. The van der Waals surface area contributed by atoms with E-state index in [2.05, 4.69) is 5.10 Å². The number of aryl methyl sites for hydroxylation is 3. The van der Waals surface area contributed by atoms with Crippen LogP contribution < -0.4 is 4.74 Å². The van der Waals surface area contributed by atoms with Crippen molar-refractivity contribution in [2.45, 2.75) is 13.8 Å². The number of halogens is 2. The van der Waals surface area contributed by atoms with Gasteiger partial charge in [0.2, 0.25) is 5.88 Å². The van der Waals surface area contributed by atoms with Gasteiger partial charge in [-0.25, -0.2) is 4.68 Å². The molecular weight excluding hydrogens is 371 g/mol. The van der Waals surface area contributed by atoms with Crippen LogP contribution in [0.3, 0.4) is 0 Å². The highest BCUT2D eigenvalue weighted by Crippen LogP contribution is 2.38. The van der Waals surface area contributed by atoms with Crippen molar-refractivity contribution in [3.63, 3.8) is 0 Å². The molecule has 0 N–H and O–H groups in total. The van der Waals surface area contributed by atoms with Crippen LogP contribution in [-0.4, -0.2) is 22.2 Å². The average Bonchev–Trinajstić information content (AvgIpc) is 2.87. The van der Waals surface area contributed by atoms with Crippen molar-refractivity contribution in [1.82, 2.24) is 9.78 Å². The highest BCUT2D eigenvalue weighted by Gasteiger charge is 2.20. The molecular formula is C20H18Cl2N2O2. The van der Waals surface area contributed by atoms with Gasteiger partial charge in [0.1, 0.15) is 0 Å². The van der Waals surface area contributed by atoms with Crippen LogP contribution in [-0.2, 0) is 7.05 Å². The van der Waals surface area contributed by atoms with Gasteiger partial charge in [0, 0.05) is 23.2 Å². The van der Waals surface area contributed by atoms with Crippen LogP contribution in [0.15, 0.2) is 42.5 Å². The van der Waals surface area contributed by atoms with Crippen LogP contribution in [0.5, 0.6) is 5.88 Å². The fraction of sp³-hybridized carbons (Fsp3) is 0.200. The Labute approximate surface area is 162 Å². The summed E-state index contributed by atoms with van der Waals surface area (Å²) in [6, 6.07) is 12.7. The molecule has 1 aromatic heterocycles. The van der Waals surface area contributed by atoms with Gasteiger partial charge in [-0.05, 0) is 26.0 Å². The van der Waals surface area contributed by atoms with Gasteiger partial charge in [0.25, 0.3) is 0 Å². The second-order valence-corrected chi connectivity index (χ2v) is 6.93. The minimum Gasteiger partial charge on any atom is -0.469 e. The molecule has 0 atom stereocenters. The maximum atomic E-state index is 12.4. The average molecular weight is 389 g/mol. The molecule has 26 heavy (non-hydrogen) atoms. The lowest BCUT2D eigenvalue weighted by atomic mass is 10.1. The summed E-state index contributed by atoms with van der Waals surface area (Å²) in [5.41, 5.74) is 3.99. The van der Waals surface area contributed by atoms with E-state index >= 15 is 0 Å². The summed E-state index contributed by atoms with van der Waals surface area (Å²) in [7, 11) is 1.77. The summed E-state index contributed by atoms with van der Waals surface area (Å²) in [4.78, 5) is 12.4. The zero-order valence-corrected chi connectivity index (χ0v) is 16.2. The maximum absolute atomic E-state index is 12.4. The second kappa shape index (κ2) is 7.52. The van der Waals surface area contributed by atoms with E-state index in [1.165, 1.54) is 0 Å². The standard InChI is InChI=1S/C20H18Cl2N2O2/c1-12-4-6-14(7-5-12)18(25)11-26-20-19(13(2)23-24(20)3)16-9-8-15(21)10-17(16)22/h4-10H,11H2,1-3H3. The van der Waals surface area contributed by atoms with E-state index in [1.807, 2.05) is 32.0 Å². The third-order valence-electron chi connectivity index (χ3n) is 4.08. The number of aromatic nitrogens is 2. The molecule has 0 saturated carbocycles. The molecule has 3 rings (SSSR count). The van der Waals surface area contributed by atoms with Crippen LogP contribution in [0.1, 0.15) is 21.6 Å². The Morgan fingerprint density at radius 2 is 1.81 bits per heavy atom. The van der Waals surface area contributed by atoms with Crippen molar-refractivity contribution in [2.24, 2.45) is 7.05 Å². The summed E-state index contributed by atoms with van der Waals surface area (Å²) in [5, 5.41) is 5.46. The van der Waals surface area contributed by atoms with E-state index in [1.54, 1.807) is 36.0 Å². The molecule has 2 aromatic carbocycles. The Bertz CT molecular complexity index is 963. The predicted molar refractivity (Wildman–Crippen MR) is 104 cm³/mol. The molecule has 4 nitrogen and oxygen atoms in total. The number of benzene rings is 2. The number of carbonyl (C=O) groups excluding carboxylic acids is 1. The van der Waals surface area contributed by atoms with Crippen molar-refractivity contribution >= 4 is 29.0 Å². The number of hydrogen-bond donors (Lipinski definition) is 0. The molecule has 0 aliphatic heterocycles. The van der Waals surface area contributed by atoms with Crippen molar-refractivity contribution in [2.75, 3.05) is 6.61 Å². The zero-order chi connectivity index (χ0) is 18.8. The zero-order valence-electron chi connectivity index (χ0n) is 14.7. The maximum Gasteiger partial charge on any atom is 0.220 e. The third-order valence-corrected chi connectivity index (χ3v) is 4.63. The van der Waals surface area contributed by atoms with Gasteiger partial charge in [0.05, 0.1) is 16.3 Å². The van der Waals surface area contributed by atoms with Crippen molar-refractivity contribution in [3.05, 3.63) is 69.3 Å². The summed E-state index contributed by atoms with van der Waals surface area (Å²) in [5.74, 6) is 0.393. The molecule has 0 radical (unpaired) electrons. The number of nitrogens with zero attached hydrogens (tertiary/aromatic N) is 2. The lowest BCUT2D eigenvalue weighted by molar-refractivity contribution is 0.0915. The number of Topliss-reactive ketones (excluding diaryl/α,β-unsaturated/α-hetero) is 1. The van der Waals surface area contributed by atoms with E-state index in [0.29, 0.717) is 21.5 Å². The first-order chi connectivity index (χ1) is 12.4. The monoisotopic (exact) mass is 388 g/mol. The topological polar surface area (TPSA) is 44.1 Å². The molecule has 0 unspecified atom stereocenters. The van der Waals surface area contributed by atoms with Crippen LogP contribution in [0.25, 0.3) is 11.1 Å². The van der Waals surface area contributed by atoms with Gasteiger partial charge in [-0.3, -0.25) is 4.79 Å². The van der Waals surface area contributed by atoms with Crippen molar-refractivity contribution < 1.29 is 9.53 Å². The minimum atomic E-state index is -0.1000. The normalized spacial score (nSPS) is 10.8.